The molecule has 110 valence electrons. The molecule has 0 aromatic heterocycles. The molecule has 0 bridgehead atoms. The van der Waals surface area contributed by atoms with Gasteiger partial charge in [-0.3, -0.25) is 0 Å². The number of nitrogens with two attached hydrogens (primary N) is 1. The highest BCUT2D eigenvalue weighted by atomic mass is 15.1. The zero-order chi connectivity index (χ0) is 13.5. The van der Waals surface area contributed by atoms with E-state index < -0.39 is 0 Å². The summed E-state index contributed by atoms with van der Waals surface area (Å²) in [7, 11) is 0. The van der Waals surface area contributed by atoms with Crippen LogP contribution in [0.25, 0.3) is 0 Å². The maximum atomic E-state index is 5.58. The number of nitrogens with zero attached hydrogens (tertiary/aromatic N) is 1. The largest absolute Gasteiger partial charge is 0.330 e. The van der Waals surface area contributed by atoms with Crippen LogP contribution in [-0.4, -0.2) is 31.1 Å². The van der Waals surface area contributed by atoms with Crippen LogP contribution in [0.2, 0.25) is 0 Å². The molecule has 0 aliphatic carbocycles. The van der Waals surface area contributed by atoms with E-state index in [1.807, 2.05) is 0 Å². The minimum absolute atomic E-state index is 0.831. The zero-order valence-electron chi connectivity index (χ0n) is 12.9. The second-order valence-electron chi connectivity index (χ2n) is 5.46. The van der Waals surface area contributed by atoms with Gasteiger partial charge in [-0.15, -0.1) is 0 Å². The molecule has 0 saturated carbocycles. The van der Waals surface area contributed by atoms with E-state index in [1.165, 1.54) is 77.4 Å². The van der Waals surface area contributed by atoms with Crippen molar-refractivity contribution in [2.45, 2.75) is 78.1 Å². The van der Waals surface area contributed by atoms with Crippen LogP contribution in [0.1, 0.15) is 78.1 Å². The average Bonchev–Trinajstić information content (AvgIpc) is 2.39. The lowest BCUT2D eigenvalue weighted by Gasteiger charge is -2.21. The molecule has 0 amide bonds. The summed E-state index contributed by atoms with van der Waals surface area (Å²) < 4.78 is 0. The Kier molecular flexibility index (Phi) is 14.9. The average molecular weight is 256 g/mol. The maximum Gasteiger partial charge on any atom is -0.000672 e. The summed E-state index contributed by atoms with van der Waals surface area (Å²) in [6.45, 7) is 9.10. The third kappa shape index (κ3) is 12.4. The van der Waals surface area contributed by atoms with Crippen molar-refractivity contribution in [1.29, 1.82) is 0 Å². The SMILES string of the molecule is CCCCCCCCCCN(CCC)CCCN. The van der Waals surface area contributed by atoms with Gasteiger partial charge in [-0.25, -0.2) is 0 Å². The second-order valence-corrected chi connectivity index (χ2v) is 5.46. The van der Waals surface area contributed by atoms with Gasteiger partial charge in [-0.2, -0.15) is 0 Å². The smallest absolute Gasteiger partial charge is 0.000672 e. The fourth-order valence-electron chi connectivity index (χ4n) is 2.44. The quantitative estimate of drug-likeness (QED) is 0.472. The van der Waals surface area contributed by atoms with E-state index in [9.17, 15) is 0 Å². The molecule has 2 nitrogen and oxygen atoms in total. The normalized spacial score (nSPS) is 11.3. The van der Waals surface area contributed by atoms with Gasteiger partial charge in [0.2, 0.25) is 0 Å². The molecule has 0 fully saturated rings. The Bertz CT molecular complexity index is 148. The fraction of sp³-hybridized carbons (Fsp3) is 1.00. The molecule has 2 N–H and O–H groups in total. The molecule has 0 saturated heterocycles. The predicted octanol–water partition coefficient (Wildman–Crippen LogP) is 4.19. The monoisotopic (exact) mass is 256 g/mol. The first-order valence-corrected chi connectivity index (χ1v) is 8.27. The molecule has 0 rings (SSSR count). The first-order chi connectivity index (χ1) is 8.85. The third-order valence-electron chi connectivity index (χ3n) is 3.55. The molecule has 0 heterocycles. The van der Waals surface area contributed by atoms with Crippen molar-refractivity contribution in [2.24, 2.45) is 5.73 Å². The first-order valence-electron chi connectivity index (χ1n) is 8.27. The molecule has 0 radical (unpaired) electrons. The summed E-state index contributed by atoms with van der Waals surface area (Å²) >= 11 is 0. The van der Waals surface area contributed by atoms with E-state index in [-0.39, 0.29) is 0 Å². The molecule has 0 aromatic carbocycles. The highest BCUT2D eigenvalue weighted by Gasteiger charge is 2.02. The lowest BCUT2D eigenvalue weighted by atomic mass is 10.1. The topological polar surface area (TPSA) is 29.3 Å². The van der Waals surface area contributed by atoms with Crippen molar-refractivity contribution in [3.63, 3.8) is 0 Å². The van der Waals surface area contributed by atoms with Crippen molar-refractivity contribution >= 4 is 0 Å². The predicted molar refractivity (Wildman–Crippen MR) is 83.0 cm³/mol. The molecule has 0 atom stereocenters. The van der Waals surface area contributed by atoms with E-state index in [4.69, 9.17) is 5.73 Å². The summed E-state index contributed by atoms with van der Waals surface area (Å²) in [6, 6.07) is 0. The summed E-state index contributed by atoms with van der Waals surface area (Å²) in [4.78, 5) is 2.59. The number of hydrogen-bond acceptors (Lipinski definition) is 2. The van der Waals surface area contributed by atoms with Crippen LogP contribution in [0, 0.1) is 0 Å². The van der Waals surface area contributed by atoms with Gasteiger partial charge in [-0.05, 0) is 45.4 Å². The van der Waals surface area contributed by atoms with Crippen molar-refractivity contribution in [3.05, 3.63) is 0 Å². The molecule has 0 spiro atoms. The number of hydrogen-bond donors (Lipinski definition) is 1. The minimum atomic E-state index is 0.831. The molecule has 0 aliphatic rings. The van der Waals surface area contributed by atoms with Crippen LogP contribution >= 0.6 is 0 Å². The first kappa shape index (κ1) is 17.9. The lowest BCUT2D eigenvalue weighted by molar-refractivity contribution is 0.265. The minimum Gasteiger partial charge on any atom is -0.330 e. The number of unbranched alkanes of at least 4 members (excludes halogenated alkanes) is 7. The molecule has 2 heteroatoms. The Morgan fingerprint density at radius 2 is 1.17 bits per heavy atom. The molecule has 0 aliphatic heterocycles. The summed E-state index contributed by atoms with van der Waals surface area (Å²) in [5.41, 5.74) is 5.58. The Labute approximate surface area is 115 Å². The lowest BCUT2D eigenvalue weighted by Crippen LogP contribution is -2.28. The van der Waals surface area contributed by atoms with E-state index in [0.717, 1.165) is 13.0 Å². The molecule has 18 heavy (non-hydrogen) atoms. The van der Waals surface area contributed by atoms with Crippen LogP contribution in [0.4, 0.5) is 0 Å². The van der Waals surface area contributed by atoms with Crippen LogP contribution in [0.15, 0.2) is 0 Å². The standard InChI is InChI=1S/C16H36N2/c1-3-5-6-7-8-9-10-11-15-18(14-4-2)16-12-13-17/h3-17H2,1-2H3. The molecule has 0 aromatic rings. The maximum absolute atomic E-state index is 5.58. The van der Waals surface area contributed by atoms with Gasteiger partial charge in [0.15, 0.2) is 0 Å². The van der Waals surface area contributed by atoms with E-state index in [1.54, 1.807) is 0 Å². The van der Waals surface area contributed by atoms with Gasteiger partial charge in [0.1, 0.15) is 0 Å². The Hall–Kier alpha value is -0.0800. The van der Waals surface area contributed by atoms with Gasteiger partial charge in [-0.1, -0.05) is 58.8 Å². The van der Waals surface area contributed by atoms with Crippen molar-refractivity contribution in [1.82, 2.24) is 4.90 Å². The van der Waals surface area contributed by atoms with E-state index in [0.29, 0.717) is 0 Å². The molecular formula is C16H36N2. The highest BCUT2D eigenvalue weighted by molar-refractivity contribution is 4.58. The van der Waals surface area contributed by atoms with Crippen LogP contribution in [0.3, 0.4) is 0 Å². The van der Waals surface area contributed by atoms with E-state index in [2.05, 4.69) is 18.7 Å². The van der Waals surface area contributed by atoms with Crippen molar-refractivity contribution < 1.29 is 0 Å². The number of rotatable bonds is 14. The third-order valence-corrected chi connectivity index (χ3v) is 3.55. The van der Waals surface area contributed by atoms with E-state index >= 15 is 0 Å². The van der Waals surface area contributed by atoms with Gasteiger partial charge in [0, 0.05) is 0 Å². The zero-order valence-corrected chi connectivity index (χ0v) is 12.9. The summed E-state index contributed by atoms with van der Waals surface area (Å²) in [6.07, 6.45) is 13.7. The van der Waals surface area contributed by atoms with Crippen LogP contribution < -0.4 is 5.73 Å². The molecule has 0 unspecified atom stereocenters. The van der Waals surface area contributed by atoms with Crippen LogP contribution in [0.5, 0.6) is 0 Å². The van der Waals surface area contributed by atoms with Gasteiger partial charge < -0.3 is 10.6 Å². The Morgan fingerprint density at radius 1 is 0.611 bits per heavy atom. The van der Waals surface area contributed by atoms with Gasteiger partial charge in [0.25, 0.3) is 0 Å². The Balaban J connectivity index is 3.31. The fourth-order valence-corrected chi connectivity index (χ4v) is 2.44. The van der Waals surface area contributed by atoms with Crippen molar-refractivity contribution in [3.8, 4) is 0 Å². The van der Waals surface area contributed by atoms with Crippen molar-refractivity contribution in [2.75, 3.05) is 26.2 Å². The Morgan fingerprint density at radius 3 is 1.72 bits per heavy atom. The van der Waals surface area contributed by atoms with Gasteiger partial charge in [0.05, 0.1) is 0 Å². The summed E-state index contributed by atoms with van der Waals surface area (Å²) in [5.74, 6) is 0. The molecular weight excluding hydrogens is 220 g/mol. The highest BCUT2D eigenvalue weighted by Crippen LogP contribution is 2.09. The van der Waals surface area contributed by atoms with Gasteiger partial charge >= 0.3 is 0 Å². The van der Waals surface area contributed by atoms with Crippen LogP contribution in [-0.2, 0) is 0 Å². The summed E-state index contributed by atoms with van der Waals surface area (Å²) in [5, 5.41) is 0. The second kappa shape index (κ2) is 15.0.